The van der Waals surface area contributed by atoms with Gasteiger partial charge in [-0.15, -0.1) is 0 Å². The van der Waals surface area contributed by atoms with Gasteiger partial charge in [0.25, 0.3) is 0 Å². The van der Waals surface area contributed by atoms with Crippen molar-refractivity contribution in [3.8, 4) is 0 Å². The predicted molar refractivity (Wildman–Crippen MR) is 43.4 cm³/mol. The van der Waals surface area contributed by atoms with Crippen LogP contribution in [0, 0.1) is 23.7 Å². The smallest absolute Gasteiger partial charge is 0.302 e. The molecule has 12 heavy (non-hydrogen) atoms. The van der Waals surface area contributed by atoms with Gasteiger partial charge in [0, 0.05) is 6.92 Å². The van der Waals surface area contributed by atoms with Crippen molar-refractivity contribution in [1.29, 1.82) is 0 Å². The number of hydrogen-bond acceptors (Lipinski definition) is 2. The van der Waals surface area contributed by atoms with Crippen LogP contribution < -0.4 is 0 Å². The Morgan fingerprint density at radius 2 is 1.75 bits per heavy atom. The highest BCUT2D eigenvalue weighted by Crippen LogP contribution is 2.66. The summed E-state index contributed by atoms with van der Waals surface area (Å²) in [5.74, 6) is 3.27. The van der Waals surface area contributed by atoms with Gasteiger partial charge in [-0.05, 0) is 42.9 Å². The van der Waals surface area contributed by atoms with E-state index in [2.05, 4.69) is 0 Å². The molecule has 66 valence electrons. The van der Waals surface area contributed by atoms with Crippen molar-refractivity contribution >= 4 is 5.97 Å². The minimum atomic E-state index is -0.0850. The molecule has 3 aliphatic carbocycles. The van der Waals surface area contributed by atoms with Crippen LogP contribution in [0.25, 0.3) is 0 Å². The summed E-state index contributed by atoms with van der Waals surface area (Å²) in [7, 11) is 0. The maximum absolute atomic E-state index is 10.8. The number of carbonyl (C=O) groups excluding carboxylic acids is 1. The molecule has 2 nitrogen and oxygen atoms in total. The number of hydrogen-bond donors (Lipinski definition) is 0. The maximum atomic E-state index is 10.8. The number of ether oxygens (including phenoxy) is 1. The van der Waals surface area contributed by atoms with E-state index >= 15 is 0 Å². The molecule has 4 atom stereocenters. The molecule has 0 radical (unpaired) electrons. The zero-order valence-corrected chi connectivity index (χ0v) is 7.32. The maximum Gasteiger partial charge on any atom is 0.302 e. The zero-order chi connectivity index (χ0) is 8.29. The van der Waals surface area contributed by atoms with Crippen LogP contribution in [0.3, 0.4) is 0 Å². The van der Waals surface area contributed by atoms with Crippen LogP contribution in [0.2, 0.25) is 0 Å². The molecular weight excluding hydrogens is 152 g/mol. The fourth-order valence-electron chi connectivity index (χ4n) is 3.53. The molecule has 0 N–H and O–H groups in total. The number of carbonyl (C=O) groups is 1. The second kappa shape index (κ2) is 2.04. The molecule has 3 aliphatic rings. The predicted octanol–water partition coefficient (Wildman–Crippen LogP) is 1.59. The van der Waals surface area contributed by atoms with Crippen molar-refractivity contribution in [2.24, 2.45) is 23.7 Å². The standard InChI is InChI=1S/C10H14O2/c1-5(11)12-10-6-2-3-7(10)9-4-8(6)9/h6-10H,2-4H2,1H3. The highest BCUT2D eigenvalue weighted by Gasteiger charge is 2.64. The lowest BCUT2D eigenvalue weighted by molar-refractivity contribution is -0.149. The number of fused-ring (bicyclic) bond motifs is 5. The summed E-state index contributed by atoms with van der Waals surface area (Å²) >= 11 is 0. The van der Waals surface area contributed by atoms with Gasteiger partial charge < -0.3 is 4.74 Å². The van der Waals surface area contributed by atoms with E-state index in [9.17, 15) is 4.79 Å². The SMILES string of the molecule is CC(=O)OC1C2CCC1C1CC12. The Bertz CT molecular complexity index is 220. The van der Waals surface area contributed by atoms with E-state index in [1.807, 2.05) is 0 Å². The van der Waals surface area contributed by atoms with Crippen molar-refractivity contribution in [3.05, 3.63) is 0 Å². The van der Waals surface area contributed by atoms with Crippen molar-refractivity contribution in [1.82, 2.24) is 0 Å². The van der Waals surface area contributed by atoms with Gasteiger partial charge in [0.05, 0.1) is 0 Å². The van der Waals surface area contributed by atoms with Crippen molar-refractivity contribution in [3.63, 3.8) is 0 Å². The average molecular weight is 166 g/mol. The summed E-state index contributed by atoms with van der Waals surface area (Å²) in [5.41, 5.74) is 0. The third-order valence-electron chi connectivity index (χ3n) is 3.97. The molecule has 4 unspecified atom stereocenters. The lowest BCUT2D eigenvalue weighted by Crippen LogP contribution is -2.23. The van der Waals surface area contributed by atoms with Crippen molar-refractivity contribution in [2.45, 2.75) is 32.3 Å². The summed E-state index contributed by atoms with van der Waals surface area (Å²) in [6.45, 7) is 1.53. The number of esters is 1. The second-order valence-electron chi connectivity index (χ2n) is 4.54. The first-order chi connectivity index (χ1) is 5.77. The lowest BCUT2D eigenvalue weighted by Gasteiger charge is -2.18. The molecule has 3 fully saturated rings. The van der Waals surface area contributed by atoms with E-state index in [0.717, 1.165) is 23.7 Å². The molecule has 0 aliphatic heterocycles. The van der Waals surface area contributed by atoms with Crippen LogP contribution in [0.1, 0.15) is 26.2 Å². The molecule has 0 spiro atoms. The van der Waals surface area contributed by atoms with E-state index in [1.54, 1.807) is 0 Å². The van der Waals surface area contributed by atoms with Gasteiger partial charge in [-0.25, -0.2) is 0 Å². The van der Waals surface area contributed by atoms with E-state index in [1.165, 1.54) is 26.2 Å². The third kappa shape index (κ3) is 0.732. The van der Waals surface area contributed by atoms with Crippen LogP contribution in [0.15, 0.2) is 0 Å². The second-order valence-corrected chi connectivity index (χ2v) is 4.54. The molecule has 0 amide bonds. The fourth-order valence-corrected chi connectivity index (χ4v) is 3.53. The summed E-state index contributed by atoms with van der Waals surface area (Å²) < 4.78 is 5.36. The fraction of sp³-hybridized carbons (Fsp3) is 0.900. The molecule has 2 bridgehead atoms. The van der Waals surface area contributed by atoms with Crippen LogP contribution >= 0.6 is 0 Å². The molecule has 0 heterocycles. The van der Waals surface area contributed by atoms with E-state index in [0.29, 0.717) is 6.10 Å². The summed E-state index contributed by atoms with van der Waals surface area (Å²) in [5, 5.41) is 0. The Kier molecular flexibility index (Phi) is 1.18. The van der Waals surface area contributed by atoms with Crippen LogP contribution in [0.4, 0.5) is 0 Å². The monoisotopic (exact) mass is 166 g/mol. The largest absolute Gasteiger partial charge is 0.462 e. The highest BCUT2D eigenvalue weighted by molar-refractivity contribution is 5.66. The first kappa shape index (κ1) is 6.93. The van der Waals surface area contributed by atoms with Crippen molar-refractivity contribution < 1.29 is 9.53 Å². The Hall–Kier alpha value is -0.530. The zero-order valence-electron chi connectivity index (χ0n) is 7.32. The first-order valence-corrected chi connectivity index (χ1v) is 4.94. The molecular formula is C10H14O2. The first-order valence-electron chi connectivity index (χ1n) is 4.94. The van der Waals surface area contributed by atoms with E-state index in [-0.39, 0.29) is 5.97 Å². The summed E-state index contributed by atoms with van der Waals surface area (Å²) in [6, 6.07) is 0. The Balaban J connectivity index is 1.77. The number of rotatable bonds is 1. The third-order valence-corrected chi connectivity index (χ3v) is 3.97. The normalized spacial score (nSPS) is 53.6. The van der Waals surface area contributed by atoms with E-state index < -0.39 is 0 Å². The van der Waals surface area contributed by atoms with Gasteiger partial charge in [-0.2, -0.15) is 0 Å². The minimum Gasteiger partial charge on any atom is -0.462 e. The quantitative estimate of drug-likeness (QED) is 0.553. The van der Waals surface area contributed by atoms with Gasteiger partial charge in [-0.3, -0.25) is 4.79 Å². The molecule has 0 aromatic rings. The van der Waals surface area contributed by atoms with Gasteiger partial charge in [0.1, 0.15) is 6.10 Å². The van der Waals surface area contributed by atoms with Gasteiger partial charge in [0.15, 0.2) is 0 Å². The highest BCUT2D eigenvalue weighted by atomic mass is 16.5. The van der Waals surface area contributed by atoms with Gasteiger partial charge in [0.2, 0.25) is 0 Å². The Morgan fingerprint density at radius 3 is 2.25 bits per heavy atom. The van der Waals surface area contributed by atoms with Crippen LogP contribution in [-0.2, 0) is 9.53 Å². The molecule has 0 aromatic carbocycles. The molecule has 3 saturated carbocycles. The van der Waals surface area contributed by atoms with Gasteiger partial charge >= 0.3 is 5.97 Å². The molecule has 0 aromatic heterocycles. The Labute approximate surface area is 72.3 Å². The molecule has 3 rings (SSSR count). The lowest BCUT2D eigenvalue weighted by atomic mass is 10.0. The summed E-state index contributed by atoms with van der Waals surface area (Å²) in [6.07, 6.45) is 4.35. The molecule has 0 saturated heterocycles. The Morgan fingerprint density at radius 1 is 1.17 bits per heavy atom. The topological polar surface area (TPSA) is 26.3 Å². The van der Waals surface area contributed by atoms with Crippen LogP contribution in [0.5, 0.6) is 0 Å². The molecule has 2 heteroatoms. The minimum absolute atomic E-state index is 0.0850. The van der Waals surface area contributed by atoms with Gasteiger partial charge in [-0.1, -0.05) is 0 Å². The average Bonchev–Trinajstić information content (AvgIpc) is 2.66. The van der Waals surface area contributed by atoms with E-state index in [4.69, 9.17) is 4.74 Å². The van der Waals surface area contributed by atoms with Crippen LogP contribution in [-0.4, -0.2) is 12.1 Å². The van der Waals surface area contributed by atoms with Crippen molar-refractivity contribution in [2.75, 3.05) is 0 Å². The summed E-state index contributed by atoms with van der Waals surface area (Å²) in [4.78, 5) is 10.8.